The van der Waals surface area contributed by atoms with Gasteiger partial charge in [-0.25, -0.2) is 4.79 Å². The normalized spacial score (nSPS) is 15.4. The minimum Gasteiger partial charge on any atom is -0.469 e. The van der Waals surface area contributed by atoms with Crippen molar-refractivity contribution in [2.45, 2.75) is 116 Å². The highest BCUT2D eigenvalue weighted by Crippen LogP contribution is 2.22. The fourth-order valence-electron chi connectivity index (χ4n) is 6.51. The number of nitrogens with one attached hydrogen (secondary N) is 4. The minimum atomic E-state index is -1.07. The quantitative estimate of drug-likeness (QED) is 0.0692. The summed E-state index contributed by atoms with van der Waals surface area (Å²) in [4.78, 5) is 80.7. The van der Waals surface area contributed by atoms with Crippen molar-refractivity contribution in [2.75, 3.05) is 33.4 Å². The van der Waals surface area contributed by atoms with E-state index in [4.69, 9.17) is 14.2 Å². The summed E-state index contributed by atoms with van der Waals surface area (Å²) >= 11 is 0. The zero-order valence-electron chi connectivity index (χ0n) is 34.0. The Hall–Kier alpha value is -5.02. The van der Waals surface area contributed by atoms with Crippen LogP contribution in [0.5, 0.6) is 0 Å². The van der Waals surface area contributed by atoms with Crippen molar-refractivity contribution >= 4 is 35.7 Å². The van der Waals surface area contributed by atoms with Crippen LogP contribution in [0.1, 0.15) is 83.8 Å². The molecule has 57 heavy (non-hydrogen) atoms. The van der Waals surface area contributed by atoms with E-state index in [1.165, 1.54) is 12.0 Å². The van der Waals surface area contributed by atoms with Gasteiger partial charge in [0.25, 0.3) is 0 Å². The fourth-order valence-corrected chi connectivity index (χ4v) is 6.51. The zero-order chi connectivity index (χ0) is 41.6. The van der Waals surface area contributed by atoms with E-state index in [1.807, 2.05) is 88.4 Å². The van der Waals surface area contributed by atoms with Gasteiger partial charge in [0.1, 0.15) is 24.7 Å². The summed E-state index contributed by atoms with van der Waals surface area (Å²) in [5, 5.41) is 11.4. The summed E-state index contributed by atoms with van der Waals surface area (Å²) < 4.78 is 21.5. The van der Waals surface area contributed by atoms with E-state index in [0.29, 0.717) is 45.4 Å². The summed E-state index contributed by atoms with van der Waals surface area (Å²) in [5.74, 6) is -2.49. The number of ether oxygens (including phenoxy) is 4. The molecule has 1 aliphatic heterocycles. The van der Waals surface area contributed by atoms with Gasteiger partial charge in [-0.3, -0.25) is 24.0 Å². The van der Waals surface area contributed by atoms with Crippen molar-refractivity contribution in [1.82, 2.24) is 26.2 Å². The molecule has 1 fully saturated rings. The van der Waals surface area contributed by atoms with Crippen molar-refractivity contribution in [3.05, 3.63) is 71.8 Å². The molecular weight excluding hydrogens is 734 g/mol. The van der Waals surface area contributed by atoms with E-state index in [1.54, 1.807) is 0 Å². The second-order valence-electron chi connectivity index (χ2n) is 14.2. The van der Waals surface area contributed by atoms with Crippen LogP contribution in [0.2, 0.25) is 0 Å². The number of hydrogen-bond acceptors (Lipinski definition) is 10. The Labute approximate surface area is 336 Å². The maximum absolute atomic E-state index is 14.4. The monoisotopic (exact) mass is 795 g/mol. The largest absolute Gasteiger partial charge is 0.469 e. The Kier molecular flexibility index (Phi) is 20.6. The van der Waals surface area contributed by atoms with Crippen LogP contribution < -0.4 is 21.3 Å². The molecule has 4 N–H and O–H groups in total. The molecule has 1 heterocycles. The Balaban J connectivity index is 1.74. The van der Waals surface area contributed by atoms with Crippen LogP contribution in [0.3, 0.4) is 0 Å². The topological polar surface area (TPSA) is 191 Å². The Morgan fingerprint density at radius 3 is 2.07 bits per heavy atom. The van der Waals surface area contributed by atoms with E-state index in [9.17, 15) is 28.8 Å². The highest BCUT2D eigenvalue weighted by Gasteiger charge is 2.40. The number of esters is 1. The van der Waals surface area contributed by atoms with Gasteiger partial charge in [-0.15, -0.1) is 0 Å². The molecule has 0 aliphatic carbocycles. The van der Waals surface area contributed by atoms with Gasteiger partial charge in [-0.2, -0.15) is 0 Å². The Morgan fingerprint density at radius 2 is 1.46 bits per heavy atom. The van der Waals surface area contributed by atoms with E-state index in [-0.39, 0.29) is 50.7 Å². The number of nitrogens with zero attached hydrogens (tertiary/aromatic N) is 1. The third kappa shape index (κ3) is 16.2. The van der Waals surface area contributed by atoms with Crippen molar-refractivity contribution < 1.29 is 47.7 Å². The number of rotatable bonds is 24. The average molecular weight is 796 g/mol. The van der Waals surface area contributed by atoms with Crippen molar-refractivity contribution in [3.8, 4) is 0 Å². The zero-order valence-corrected chi connectivity index (χ0v) is 34.0. The molecule has 5 amide bonds. The summed E-state index contributed by atoms with van der Waals surface area (Å²) in [7, 11) is 1.22. The first-order valence-corrected chi connectivity index (χ1v) is 20.0. The molecule has 1 aliphatic rings. The van der Waals surface area contributed by atoms with Crippen LogP contribution in [0.15, 0.2) is 60.7 Å². The van der Waals surface area contributed by atoms with Gasteiger partial charge < -0.3 is 45.1 Å². The number of hydrogen-bond donors (Lipinski definition) is 4. The first kappa shape index (κ1) is 46.4. The van der Waals surface area contributed by atoms with E-state index in [2.05, 4.69) is 26.0 Å². The van der Waals surface area contributed by atoms with Gasteiger partial charge >= 0.3 is 12.1 Å². The molecule has 0 saturated carbocycles. The fraction of sp³-hybridized carbons (Fsp3) is 0.571. The lowest BCUT2D eigenvalue weighted by atomic mass is 10.0. The number of benzene rings is 2. The number of amides is 5. The predicted octanol–water partition coefficient (Wildman–Crippen LogP) is 3.78. The molecule has 4 atom stereocenters. The van der Waals surface area contributed by atoms with Gasteiger partial charge in [0, 0.05) is 39.1 Å². The maximum Gasteiger partial charge on any atom is 0.407 e. The molecule has 15 heteroatoms. The maximum atomic E-state index is 14.4. The molecule has 0 spiro atoms. The highest BCUT2D eigenvalue weighted by molar-refractivity contribution is 5.95. The highest BCUT2D eigenvalue weighted by atomic mass is 16.7. The Morgan fingerprint density at radius 1 is 0.807 bits per heavy atom. The van der Waals surface area contributed by atoms with Crippen LogP contribution in [-0.4, -0.2) is 104 Å². The van der Waals surface area contributed by atoms with Crippen molar-refractivity contribution in [3.63, 3.8) is 0 Å². The molecule has 1 saturated heterocycles. The van der Waals surface area contributed by atoms with Crippen LogP contribution in [0, 0.1) is 5.92 Å². The SMILES string of the molecule is CCOC(OCC)[C@@H](NC(=O)[C@@H]1CCCN1C(=O)[C@H](Cc1ccccc1)NC(=O)[C@H](CCCCNC(=O)OCc1ccccc1)NC(=O)CCC(=O)OC)C(C)C. The van der Waals surface area contributed by atoms with Crippen LogP contribution >= 0.6 is 0 Å². The van der Waals surface area contributed by atoms with Crippen molar-refractivity contribution in [2.24, 2.45) is 5.92 Å². The molecule has 3 rings (SSSR count). The van der Waals surface area contributed by atoms with Crippen LogP contribution in [-0.2, 0) is 55.9 Å². The summed E-state index contributed by atoms with van der Waals surface area (Å²) in [6, 6.07) is 15.1. The molecular formula is C42H61N5O10. The van der Waals surface area contributed by atoms with E-state index >= 15 is 0 Å². The average Bonchev–Trinajstić information content (AvgIpc) is 3.71. The number of carbonyl (C=O) groups is 6. The summed E-state index contributed by atoms with van der Waals surface area (Å²) in [6.45, 7) is 9.12. The Bertz CT molecular complexity index is 1550. The summed E-state index contributed by atoms with van der Waals surface area (Å²) in [6.07, 6.45) is 0.608. The third-order valence-electron chi connectivity index (χ3n) is 9.56. The molecule has 0 unspecified atom stereocenters. The van der Waals surface area contributed by atoms with Gasteiger partial charge in [-0.05, 0) is 63.0 Å². The second-order valence-corrected chi connectivity index (χ2v) is 14.2. The number of methoxy groups -OCH3 is 1. The number of likely N-dealkylation sites (tertiary alicyclic amines) is 1. The van der Waals surface area contributed by atoms with Gasteiger partial charge in [0.05, 0.1) is 19.6 Å². The molecule has 2 aromatic rings. The lowest BCUT2D eigenvalue weighted by Gasteiger charge is -2.34. The van der Waals surface area contributed by atoms with Gasteiger partial charge in [0.15, 0.2) is 6.29 Å². The predicted molar refractivity (Wildman–Crippen MR) is 212 cm³/mol. The lowest BCUT2D eigenvalue weighted by molar-refractivity contribution is -0.166. The van der Waals surface area contributed by atoms with Gasteiger partial charge in [-0.1, -0.05) is 74.5 Å². The second kappa shape index (κ2) is 25.3. The molecule has 2 aromatic carbocycles. The number of alkyl carbamates (subject to hydrolysis) is 1. The smallest absolute Gasteiger partial charge is 0.407 e. The van der Waals surface area contributed by atoms with E-state index < -0.39 is 60.2 Å². The third-order valence-corrected chi connectivity index (χ3v) is 9.56. The van der Waals surface area contributed by atoms with Crippen LogP contribution in [0.4, 0.5) is 4.79 Å². The first-order chi connectivity index (χ1) is 27.5. The molecule has 0 aromatic heterocycles. The standard InChI is InChI=1S/C42H61N5O10/c1-6-55-41(56-7-2)37(29(3)4)46-39(51)34-22-16-26-47(34)40(52)33(27-30-17-10-8-11-18-30)45-38(50)32(44-35(48)23-24-36(49)54-5)21-14-15-25-43-42(53)57-28-31-19-12-9-13-20-31/h8-13,17-20,29,32-34,37,41H,6-7,14-16,21-28H2,1-5H3,(H,43,53)(H,44,48)(H,45,50)(H,46,51)/t32-,33-,34-,37-/m0/s1. The van der Waals surface area contributed by atoms with Gasteiger partial charge in [0.2, 0.25) is 23.6 Å². The molecule has 0 bridgehead atoms. The van der Waals surface area contributed by atoms with E-state index in [0.717, 1.165) is 11.1 Å². The number of unbranched alkanes of at least 4 members (excludes halogenated alkanes) is 1. The molecule has 15 nitrogen and oxygen atoms in total. The lowest BCUT2D eigenvalue weighted by Crippen LogP contribution is -2.59. The molecule has 314 valence electrons. The molecule has 0 radical (unpaired) electrons. The van der Waals surface area contributed by atoms with Crippen LogP contribution in [0.25, 0.3) is 0 Å². The number of carbonyl (C=O) groups excluding carboxylic acids is 6. The first-order valence-electron chi connectivity index (χ1n) is 20.0. The van der Waals surface area contributed by atoms with Crippen molar-refractivity contribution in [1.29, 1.82) is 0 Å². The summed E-state index contributed by atoms with van der Waals surface area (Å²) in [5.41, 5.74) is 1.64. The minimum absolute atomic E-state index is 0.0308.